The van der Waals surface area contributed by atoms with Crippen LogP contribution in [0.2, 0.25) is 0 Å². The SMILES string of the molecule is N=C(N)c1ccc(S(=O)O)cc1. The van der Waals surface area contributed by atoms with E-state index in [0.717, 1.165) is 0 Å². The minimum atomic E-state index is -1.96. The van der Waals surface area contributed by atoms with Gasteiger partial charge in [0.05, 0.1) is 4.90 Å². The summed E-state index contributed by atoms with van der Waals surface area (Å²) in [5.41, 5.74) is 5.73. The lowest BCUT2D eigenvalue weighted by Gasteiger charge is -1.98. The molecule has 4 nitrogen and oxygen atoms in total. The molecule has 0 aliphatic rings. The van der Waals surface area contributed by atoms with Crippen LogP contribution in [-0.2, 0) is 11.1 Å². The predicted octanol–water partition coefficient (Wildman–Crippen LogP) is 0.551. The number of nitrogens with one attached hydrogen (secondary N) is 1. The van der Waals surface area contributed by atoms with E-state index in [2.05, 4.69) is 0 Å². The minimum absolute atomic E-state index is 0.0507. The zero-order valence-corrected chi connectivity index (χ0v) is 6.97. The Labute approximate surface area is 72.2 Å². The van der Waals surface area contributed by atoms with Gasteiger partial charge in [0.25, 0.3) is 0 Å². The number of nitrogen functional groups attached to an aromatic ring is 1. The molecule has 1 aromatic carbocycles. The Hall–Kier alpha value is -1.20. The van der Waals surface area contributed by atoms with Crippen LogP contribution in [-0.4, -0.2) is 14.6 Å². The molecule has 0 aliphatic heterocycles. The number of hydrogen-bond donors (Lipinski definition) is 3. The van der Waals surface area contributed by atoms with Crippen LogP contribution in [0.3, 0.4) is 0 Å². The fourth-order valence-electron chi connectivity index (χ4n) is 0.751. The number of hydrogen-bond acceptors (Lipinski definition) is 2. The third kappa shape index (κ3) is 1.90. The van der Waals surface area contributed by atoms with Crippen LogP contribution in [0, 0.1) is 5.41 Å². The number of rotatable bonds is 2. The Bertz CT molecular complexity index is 288. The predicted molar refractivity (Wildman–Crippen MR) is 46.5 cm³/mol. The van der Waals surface area contributed by atoms with Gasteiger partial charge in [-0.15, -0.1) is 0 Å². The normalized spacial score (nSPS) is 12.4. The van der Waals surface area contributed by atoms with Crippen molar-refractivity contribution < 1.29 is 8.76 Å². The average molecular weight is 184 g/mol. The summed E-state index contributed by atoms with van der Waals surface area (Å²) < 4.78 is 19.1. The molecule has 5 heteroatoms. The molecular formula is C7H8N2O2S. The Morgan fingerprint density at radius 3 is 2.25 bits per heavy atom. The molecule has 0 radical (unpaired) electrons. The Morgan fingerprint density at radius 2 is 1.92 bits per heavy atom. The first kappa shape index (κ1) is 8.89. The summed E-state index contributed by atoms with van der Waals surface area (Å²) >= 11 is -1.96. The second-order valence-electron chi connectivity index (χ2n) is 2.19. The molecule has 0 amide bonds. The molecule has 0 fully saturated rings. The van der Waals surface area contributed by atoms with Crippen molar-refractivity contribution in [2.45, 2.75) is 4.90 Å². The van der Waals surface area contributed by atoms with E-state index in [-0.39, 0.29) is 5.84 Å². The number of nitrogens with two attached hydrogens (primary N) is 1. The quantitative estimate of drug-likeness (QED) is 0.356. The van der Waals surface area contributed by atoms with Gasteiger partial charge in [-0.2, -0.15) is 0 Å². The maximum atomic E-state index is 10.5. The van der Waals surface area contributed by atoms with E-state index < -0.39 is 11.1 Å². The summed E-state index contributed by atoms with van der Waals surface area (Å²) in [6.07, 6.45) is 0. The summed E-state index contributed by atoms with van der Waals surface area (Å²) in [5.74, 6) is -0.0507. The van der Waals surface area contributed by atoms with Gasteiger partial charge >= 0.3 is 0 Å². The molecule has 0 spiro atoms. The highest BCUT2D eigenvalue weighted by atomic mass is 32.2. The highest BCUT2D eigenvalue weighted by Gasteiger charge is 2.00. The minimum Gasteiger partial charge on any atom is -0.384 e. The first-order valence-corrected chi connectivity index (χ1v) is 4.27. The van der Waals surface area contributed by atoms with Gasteiger partial charge in [-0.25, -0.2) is 4.21 Å². The maximum Gasteiger partial charge on any atom is 0.186 e. The molecule has 1 unspecified atom stereocenters. The Kier molecular flexibility index (Phi) is 2.57. The summed E-state index contributed by atoms with van der Waals surface area (Å²) in [7, 11) is 0. The smallest absolute Gasteiger partial charge is 0.186 e. The van der Waals surface area contributed by atoms with Crippen molar-refractivity contribution in [1.29, 1.82) is 5.41 Å². The van der Waals surface area contributed by atoms with Crippen LogP contribution in [0.25, 0.3) is 0 Å². The first-order chi connectivity index (χ1) is 5.61. The van der Waals surface area contributed by atoms with E-state index >= 15 is 0 Å². The first-order valence-electron chi connectivity index (χ1n) is 3.16. The fraction of sp³-hybridized carbons (Fsp3) is 0. The molecule has 0 saturated carbocycles. The van der Waals surface area contributed by atoms with Crippen molar-refractivity contribution in [3.05, 3.63) is 29.8 Å². The lowest BCUT2D eigenvalue weighted by atomic mass is 10.2. The van der Waals surface area contributed by atoms with Crippen molar-refractivity contribution in [3.63, 3.8) is 0 Å². The van der Waals surface area contributed by atoms with Gasteiger partial charge in [0.2, 0.25) is 0 Å². The molecule has 4 N–H and O–H groups in total. The van der Waals surface area contributed by atoms with Gasteiger partial charge in [0, 0.05) is 5.56 Å². The Morgan fingerprint density at radius 1 is 1.42 bits per heavy atom. The van der Waals surface area contributed by atoms with Crippen molar-refractivity contribution in [2.75, 3.05) is 0 Å². The molecule has 12 heavy (non-hydrogen) atoms. The van der Waals surface area contributed by atoms with Crippen LogP contribution in [0.15, 0.2) is 29.2 Å². The zero-order chi connectivity index (χ0) is 9.14. The topological polar surface area (TPSA) is 87.2 Å². The summed E-state index contributed by atoms with van der Waals surface area (Å²) in [6, 6.07) is 6.00. The van der Waals surface area contributed by atoms with Gasteiger partial charge in [0.1, 0.15) is 5.84 Å². The van der Waals surface area contributed by atoms with Crippen molar-refractivity contribution in [2.24, 2.45) is 5.73 Å². The molecule has 0 bridgehead atoms. The second-order valence-corrected chi connectivity index (χ2v) is 3.16. The number of benzene rings is 1. The van der Waals surface area contributed by atoms with Crippen molar-refractivity contribution >= 4 is 16.9 Å². The van der Waals surface area contributed by atoms with Crippen molar-refractivity contribution in [1.82, 2.24) is 0 Å². The highest BCUT2D eigenvalue weighted by Crippen LogP contribution is 2.06. The van der Waals surface area contributed by atoms with Gasteiger partial charge in [-0.05, 0) is 12.1 Å². The zero-order valence-electron chi connectivity index (χ0n) is 6.15. The van der Waals surface area contributed by atoms with Gasteiger partial charge in [-0.1, -0.05) is 12.1 Å². The standard InChI is InChI=1S/C7H8N2O2S/c8-7(9)5-1-3-6(4-2-5)12(10)11/h1-4H,(H3,8,9)(H,10,11). The lowest BCUT2D eigenvalue weighted by molar-refractivity contribution is 0.564. The molecule has 64 valence electrons. The van der Waals surface area contributed by atoms with Crippen LogP contribution in [0.1, 0.15) is 5.56 Å². The third-order valence-corrected chi connectivity index (χ3v) is 2.04. The van der Waals surface area contributed by atoms with Gasteiger partial charge < -0.3 is 10.3 Å². The monoisotopic (exact) mass is 184 g/mol. The summed E-state index contributed by atoms with van der Waals surface area (Å²) in [6.45, 7) is 0. The molecule has 1 aromatic rings. The largest absolute Gasteiger partial charge is 0.384 e. The average Bonchev–Trinajstić information content (AvgIpc) is 2.04. The van der Waals surface area contributed by atoms with Gasteiger partial charge in [-0.3, -0.25) is 5.41 Å². The molecule has 1 rings (SSSR count). The van der Waals surface area contributed by atoms with E-state index in [1.54, 1.807) is 0 Å². The van der Waals surface area contributed by atoms with E-state index in [9.17, 15) is 4.21 Å². The molecular weight excluding hydrogens is 176 g/mol. The van der Waals surface area contributed by atoms with E-state index in [0.29, 0.717) is 10.5 Å². The van der Waals surface area contributed by atoms with Crippen LogP contribution < -0.4 is 5.73 Å². The fourth-order valence-corrected chi connectivity index (χ4v) is 1.12. The van der Waals surface area contributed by atoms with Crippen LogP contribution in [0.5, 0.6) is 0 Å². The van der Waals surface area contributed by atoms with E-state index in [4.69, 9.17) is 15.7 Å². The summed E-state index contributed by atoms with van der Waals surface area (Å²) in [4.78, 5) is 0.306. The van der Waals surface area contributed by atoms with Crippen molar-refractivity contribution in [3.8, 4) is 0 Å². The summed E-state index contributed by atoms with van der Waals surface area (Å²) in [5, 5.41) is 7.05. The molecule has 0 aromatic heterocycles. The number of amidine groups is 1. The molecule has 0 saturated heterocycles. The van der Waals surface area contributed by atoms with E-state index in [1.807, 2.05) is 0 Å². The maximum absolute atomic E-state index is 10.5. The van der Waals surface area contributed by atoms with E-state index in [1.165, 1.54) is 24.3 Å². The molecule has 1 atom stereocenters. The Balaban J connectivity index is 3.01. The van der Waals surface area contributed by atoms with Crippen LogP contribution >= 0.6 is 0 Å². The molecule has 0 aliphatic carbocycles. The lowest BCUT2D eigenvalue weighted by Crippen LogP contribution is -2.10. The third-order valence-electron chi connectivity index (χ3n) is 1.37. The van der Waals surface area contributed by atoms with Crippen LogP contribution in [0.4, 0.5) is 0 Å². The second kappa shape index (κ2) is 3.46. The highest BCUT2D eigenvalue weighted by molar-refractivity contribution is 7.79. The van der Waals surface area contributed by atoms with Gasteiger partial charge in [0.15, 0.2) is 11.1 Å². The molecule has 0 heterocycles.